The van der Waals surface area contributed by atoms with E-state index in [1.165, 1.54) is 25.3 Å². The maximum Gasteiger partial charge on any atom is 0.239 e. The van der Waals surface area contributed by atoms with E-state index in [0.717, 1.165) is 12.1 Å². The van der Waals surface area contributed by atoms with Crippen LogP contribution in [0.4, 0.5) is 0 Å². The van der Waals surface area contributed by atoms with Crippen LogP contribution in [0.5, 0.6) is 28.7 Å². The molecule has 1 aromatic heterocycles. The lowest BCUT2D eigenvalue weighted by molar-refractivity contribution is -0.117. The van der Waals surface area contributed by atoms with Gasteiger partial charge in [0.1, 0.15) is 40.8 Å². The molecule has 1 aliphatic heterocycles. The Balaban J connectivity index is 1.93. The predicted molar refractivity (Wildman–Crippen MR) is 108 cm³/mol. The van der Waals surface area contributed by atoms with E-state index in [4.69, 9.17) is 18.6 Å². The van der Waals surface area contributed by atoms with Gasteiger partial charge in [-0.25, -0.2) is 0 Å². The van der Waals surface area contributed by atoms with Crippen molar-refractivity contribution >= 4 is 11.0 Å². The lowest BCUT2D eigenvalue weighted by Crippen LogP contribution is -2.36. The summed E-state index contributed by atoms with van der Waals surface area (Å²) in [4.78, 5) is 13.2. The van der Waals surface area contributed by atoms with Crippen molar-refractivity contribution in [1.82, 2.24) is 0 Å². The quantitative estimate of drug-likeness (QED) is 0.318. The van der Waals surface area contributed by atoms with Crippen LogP contribution in [0.25, 0.3) is 22.3 Å². The standard InChI is InChI=1S/C21H20O11/c1-29-12-4-8(2-3-10(12)24)19-20(32-21-18(28)16(26)14(7-22)31-21)17(27)15-11(25)5-9(23)6-13(15)30-19/h2-6,14,16,18,21-26,28H,7H2,1H3. The van der Waals surface area contributed by atoms with Gasteiger partial charge in [-0.1, -0.05) is 0 Å². The second-order valence-corrected chi connectivity index (χ2v) is 7.14. The minimum atomic E-state index is -1.60. The molecular formula is C21H20O11. The van der Waals surface area contributed by atoms with Crippen LogP contribution in [-0.4, -0.2) is 69.0 Å². The molecule has 1 saturated heterocycles. The Kier molecular flexibility index (Phi) is 5.57. The minimum absolute atomic E-state index is 0.0582. The van der Waals surface area contributed by atoms with Gasteiger partial charge in [0.2, 0.25) is 17.5 Å². The summed E-state index contributed by atoms with van der Waals surface area (Å²) in [5.74, 6) is -1.73. The molecule has 1 fully saturated rings. The number of methoxy groups -OCH3 is 1. The molecule has 11 nitrogen and oxygen atoms in total. The van der Waals surface area contributed by atoms with Gasteiger partial charge in [-0.15, -0.1) is 0 Å². The van der Waals surface area contributed by atoms with Crippen LogP contribution >= 0.6 is 0 Å². The summed E-state index contributed by atoms with van der Waals surface area (Å²) in [5.41, 5.74) is -0.810. The molecule has 2 aromatic carbocycles. The normalized spacial score (nSPS) is 22.9. The van der Waals surface area contributed by atoms with E-state index in [0.29, 0.717) is 0 Å². The SMILES string of the molecule is COc1cc(-c2oc3cc(O)cc(O)c3c(=O)c2OC2OC(CO)C(O)C2O)ccc1O. The molecule has 0 amide bonds. The maximum atomic E-state index is 13.2. The molecule has 1 aliphatic rings. The summed E-state index contributed by atoms with van der Waals surface area (Å²) < 4.78 is 21.7. The number of hydrogen-bond acceptors (Lipinski definition) is 11. The van der Waals surface area contributed by atoms with E-state index in [1.54, 1.807) is 0 Å². The van der Waals surface area contributed by atoms with Gasteiger partial charge in [0.15, 0.2) is 17.3 Å². The van der Waals surface area contributed by atoms with Crippen LogP contribution < -0.4 is 14.9 Å². The third-order valence-corrected chi connectivity index (χ3v) is 5.09. The summed E-state index contributed by atoms with van der Waals surface area (Å²) in [6, 6.07) is 6.10. The Morgan fingerprint density at radius 2 is 1.78 bits per heavy atom. The number of phenolic OH excluding ortho intramolecular Hbond substituents is 3. The molecule has 170 valence electrons. The average Bonchev–Trinajstić information content (AvgIpc) is 3.03. The van der Waals surface area contributed by atoms with Crippen molar-refractivity contribution in [1.29, 1.82) is 0 Å². The highest BCUT2D eigenvalue weighted by molar-refractivity contribution is 5.88. The van der Waals surface area contributed by atoms with Gasteiger partial charge in [-0.05, 0) is 18.2 Å². The van der Waals surface area contributed by atoms with Crippen molar-refractivity contribution in [2.45, 2.75) is 24.6 Å². The lowest BCUT2D eigenvalue weighted by Gasteiger charge is -2.19. The first-order valence-corrected chi connectivity index (χ1v) is 9.44. The molecular weight excluding hydrogens is 428 g/mol. The molecule has 0 bridgehead atoms. The molecule has 4 rings (SSSR count). The molecule has 0 radical (unpaired) electrons. The fraction of sp³-hybridized carbons (Fsp3) is 0.286. The van der Waals surface area contributed by atoms with Gasteiger partial charge in [-0.3, -0.25) is 4.79 Å². The van der Waals surface area contributed by atoms with E-state index in [1.807, 2.05) is 0 Å². The smallest absolute Gasteiger partial charge is 0.239 e. The van der Waals surface area contributed by atoms with Gasteiger partial charge >= 0.3 is 0 Å². The van der Waals surface area contributed by atoms with Crippen molar-refractivity contribution < 1.29 is 49.3 Å². The fourth-order valence-corrected chi connectivity index (χ4v) is 3.46. The zero-order chi connectivity index (χ0) is 23.2. The topological polar surface area (TPSA) is 179 Å². The third kappa shape index (κ3) is 3.56. The first kappa shape index (κ1) is 21.7. The molecule has 0 saturated carbocycles. The number of rotatable bonds is 5. The van der Waals surface area contributed by atoms with E-state index in [-0.39, 0.29) is 39.5 Å². The number of benzene rings is 2. The van der Waals surface area contributed by atoms with Crippen LogP contribution in [0.15, 0.2) is 39.5 Å². The zero-order valence-corrected chi connectivity index (χ0v) is 16.6. The van der Waals surface area contributed by atoms with E-state index < -0.39 is 48.1 Å². The molecule has 3 aromatic rings. The van der Waals surface area contributed by atoms with Crippen LogP contribution in [0.2, 0.25) is 0 Å². The second-order valence-electron chi connectivity index (χ2n) is 7.14. The van der Waals surface area contributed by atoms with Gasteiger partial charge in [0, 0.05) is 17.7 Å². The molecule has 32 heavy (non-hydrogen) atoms. The van der Waals surface area contributed by atoms with Gasteiger partial charge in [-0.2, -0.15) is 0 Å². The second kappa shape index (κ2) is 8.20. The summed E-state index contributed by atoms with van der Waals surface area (Å²) >= 11 is 0. The molecule has 0 aliphatic carbocycles. The number of ether oxygens (including phenoxy) is 3. The summed E-state index contributed by atoms with van der Waals surface area (Å²) in [5, 5.41) is 59.0. The summed E-state index contributed by atoms with van der Waals surface area (Å²) in [6.45, 7) is -0.605. The number of hydrogen-bond donors (Lipinski definition) is 6. The van der Waals surface area contributed by atoms with Crippen LogP contribution in [0.1, 0.15) is 0 Å². The summed E-state index contributed by atoms with van der Waals surface area (Å²) in [7, 11) is 1.32. The highest BCUT2D eigenvalue weighted by atomic mass is 16.7. The Bertz CT molecular complexity index is 1220. The van der Waals surface area contributed by atoms with Gasteiger partial charge in [0.25, 0.3) is 0 Å². The first-order valence-electron chi connectivity index (χ1n) is 9.44. The van der Waals surface area contributed by atoms with Crippen molar-refractivity contribution in [3.63, 3.8) is 0 Å². The number of aromatic hydroxyl groups is 3. The van der Waals surface area contributed by atoms with Gasteiger partial charge in [0.05, 0.1) is 13.7 Å². The fourth-order valence-electron chi connectivity index (χ4n) is 3.46. The Morgan fingerprint density at radius 3 is 2.44 bits per heavy atom. The average molecular weight is 448 g/mol. The highest BCUT2D eigenvalue weighted by Crippen LogP contribution is 2.39. The minimum Gasteiger partial charge on any atom is -0.508 e. The van der Waals surface area contributed by atoms with Crippen molar-refractivity contribution in [3.05, 3.63) is 40.6 Å². The molecule has 2 heterocycles. The zero-order valence-electron chi connectivity index (χ0n) is 16.6. The van der Waals surface area contributed by atoms with Crippen molar-refractivity contribution in [2.24, 2.45) is 0 Å². The Labute approximate surface area is 179 Å². The summed E-state index contributed by atoms with van der Waals surface area (Å²) in [6.07, 6.45) is -5.76. The highest BCUT2D eigenvalue weighted by Gasteiger charge is 2.44. The monoisotopic (exact) mass is 448 g/mol. The number of fused-ring (bicyclic) bond motifs is 1. The lowest BCUT2D eigenvalue weighted by atomic mass is 10.1. The van der Waals surface area contributed by atoms with Crippen molar-refractivity contribution in [2.75, 3.05) is 13.7 Å². The predicted octanol–water partition coefficient (Wildman–Crippen LogP) is 0.403. The maximum absolute atomic E-state index is 13.2. The van der Waals surface area contributed by atoms with E-state index in [2.05, 4.69) is 0 Å². The van der Waals surface area contributed by atoms with E-state index >= 15 is 0 Å². The third-order valence-electron chi connectivity index (χ3n) is 5.09. The Hall–Kier alpha value is -3.51. The van der Waals surface area contributed by atoms with Crippen LogP contribution in [0, 0.1) is 0 Å². The van der Waals surface area contributed by atoms with Crippen molar-refractivity contribution in [3.8, 4) is 40.1 Å². The number of aliphatic hydroxyl groups excluding tert-OH is 3. The molecule has 4 atom stereocenters. The van der Waals surface area contributed by atoms with E-state index in [9.17, 15) is 35.4 Å². The molecule has 0 spiro atoms. The number of aliphatic hydroxyl groups is 3. The molecule has 6 N–H and O–H groups in total. The largest absolute Gasteiger partial charge is 0.508 e. The van der Waals surface area contributed by atoms with Gasteiger partial charge < -0.3 is 49.3 Å². The van der Waals surface area contributed by atoms with Crippen LogP contribution in [-0.2, 0) is 4.74 Å². The molecule has 4 unspecified atom stereocenters. The molecule has 11 heteroatoms. The Morgan fingerprint density at radius 1 is 1.03 bits per heavy atom. The number of phenols is 3. The first-order chi connectivity index (χ1) is 15.2. The van der Waals surface area contributed by atoms with Crippen LogP contribution in [0.3, 0.4) is 0 Å².